The molecule has 0 bridgehead atoms. The molecule has 1 aliphatic carbocycles. The van der Waals surface area contributed by atoms with Gasteiger partial charge in [0.1, 0.15) is 12.3 Å². The van der Waals surface area contributed by atoms with Gasteiger partial charge in [0.2, 0.25) is 0 Å². The van der Waals surface area contributed by atoms with Crippen molar-refractivity contribution in [1.29, 1.82) is 0 Å². The lowest BCUT2D eigenvalue weighted by atomic mass is 9.98. The second-order valence-corrected chi connectivity index (χ2v) is 8.22. The molecule has 0 spiro atoms. The number of aromatic nitrogens is 2. The summed E-state index contributed by atoms with van der Waals surface area (Å²) in [7, 11) is 1.58. The Bertz CT molecular complexity index is 1210. The van der Waals surface area contributed by atoms with Crippen LogP contribution in [-0.2, 0) is 23.1 Å². The highest BCUT2D eigenvalue weighted by molar-refractivity contribution is 5.92. The molecular weight excluding hydrogens is 452 g/mol. The minimum atomic E-state index is -1.54. The second-order valence-electron chi connectivity index (χ2n) is 8.22. The molecule has 1 aliphatic rings. The van der Waals surface area contributed by atoms with Gasteiger partial charge in [0.25, 0.3) is 5.91 Å². The van der Waals surface area contributed by atoms with Gasteiger partial charge in [0, 0.05) is 25.9 Å². The number of nitrogens with one attached hydrogen (secondary N) is 2. The number of aliphatic hydroxyl groups excluding tert-OH is 1. The number of alkyl carbamates (subject to hydrolysis) is 1. The van der Waals surface area contributed by atoms with Crippen molar-refractivity contribution < 1.29 is 29.3 Å². The minimum absolute atomic E-state index is 0.00911. The molecule has 2 aromatic carbocycles. The van der Waals surface area contributed by atoms with Gasteiger partial charge in [-0.25, -0.2) is 9.59 Å². The molecule has 10 nitrogen and oxygen atoms in total. The number of carboxylic acids is 1. The van der Waals surface area contributed by atoms with Crippen molar-refractivity contribution in [2.75, 3.05) is 13.2 Å². The number of carboxylic acid groups (broad SMARTS) is 1. The van der Waals surface area contributed by atoms with Crippen molar-refractivity contribution >= 4 is 18.0 Å². The SMILES string of the molecule is Cn1nc(CNC(=O)OCC2c3ccccc3-c3ccccc32)cc1C(=O)NCC[C@H](O)C(=O)O. The Morgan fingerprint density at radius 2 is 1.69 bits per heavy atom. The maximum atomic E-state index is 12.4. The fourth-order valence-corrected chi connectivity index (χ4v) is 4.17. The number of rotatable bonds is 9. The summed E-state index contributed by atoms with van der Waals surface area (Å²) in [5.74, 6) is -1.86. The van der Waals surface area contributed by atoms with Gasteiger partial charge >= 0.3 is 12.1 Å². The molecule has 0 unspecified atom stereocenters. The van der Waals surface area contributed by atoms with Crippen LogP contribution >= 0.6 is 0 Å². The van der Waals surface area contributed by atoms with Gasteiger partial charge in [0.15, 0.2) is 6.10 Å². The fourth-order valence-electron chi connectivity index (χ4n) is 4.17. The molecule has 0 saturated carbocycles. The molecule has 10 heteroatoms. The van der Waals surface area contributed by atoms with Crippen LogP contribution in [0.5, 0.6) is 0 Å². The molecule has 4 N–H and O–H groups in total. The molecule has 1 heterocycles. The van der Waals surface area contributed by atoms with Gasteiger partial charge in [-0.1, -0.05) is 48.5 Å². The van der Waals surface area contributed by atoms with Gasteiger partial charge in [-0.2, -0.15) is 5.10 Å². The number of nitrogens with zero attached hydrogens (tertiary/aromatic N) is 2. The number of ether oxygens (including phenoxy) is 1. The molecule has 1 atom stereocenters. The zero-order valence-corrected chi connectivity index (χ0v) is 19.1. The summed E-state index contributed by atoms with van der Waals surface area (Å²) in [6.45, 7) is 0.248. The third kappa shape index (κ3) is 5.33. The quantitative estimate of drug-likeness (QED) is 0.368. The van der Waals surface area contributed by atoms with Crippen LogP contribution < -0.4 is 10.6 Å². The zero-order chi connectivity index (χ0) is 24.9. The van der Waals surface area contributed by atoms with Crippen molar-refractivity contribution in [3.63, 3.8) is 0 Å². The van der Waals surface area contributed by atoms with E-state index in [1.807, 2.05) is 36.4 Å². The minimum Gasteiger partial charge on any atom is -0.479 e. The summed E-state index contributed by atoms with van der Waals surface area (Å²) in [4.78, 5) is 35.3. The number of amides is 2. The van der Waals surface area contributed by atoms with E-state index in [2.05, 4.69) is 27.9 Å². The summed E-state index contributed by atoms with van der Waals surface area (Å²) in [5.41, 5.74) is 5.23. The third-order valence-corrected chi connectivity index (χ3v) is 5.91. The van der Waals surface area contributed by atoms with Crippen LogP contribution in [0.1, 0.15) is 39.6 Å². The van der Waals surface area contributed by atoms with E-state index >= 15 is 0 Å². The fraction of sp³-hybridized carbons (Fsp3) is 0.280. The van der Waals surface area contributed by atoms with E-state index in [1.54, 1.807) is 7.05 Å². The highest BCUT2D eigenvalue weighted by Crippen LogP contribution is 2.44. The zero-order valence-electron chi connectivity index (χ0n) is 19.1. The monoisotopic (exact) mass is 478 g/mol. The van der Waals surface area contributed by atoms with Crippen molar-refractivity contribution in [3.8, 4) is 11.1 Å². The summed E-state index contributed by atoms with van der Waals surface area (Å²) in [6, 6.07) is 17.7. The Morgan fingerprint density at radius 1 is 1.06 bits per heavy atom. The highest BCUT2D eigenvalue weighted by Gasteiger charge is 2.29. The van der Waals surface area contributed by atoms with Crippen LogP contribution in [-0.4, -0.2) is 57.2 Å². The number of fused-ring (bicyclic) bond motifs is 3. The molecule has 3 aromatic rings. The van der Waals surface area contributed by atoms with Crippen molar-refractivity contribution in [2.45, 2.75) is 25.0 Å². The Balaban J connectivity index is 1.29. The smallest absolute Gasteiger partial charge is 0.407 e. The Morgan fingerprint density at radius 3 is 2.31 bits per heavy atom. The van der Waals surface area contributed by atoms with E-state index in [9.17, 15) is 19.5 Å². The highest BCUT2D eigenvalue weighted by atomic mass is 16.5. The number of aliphatic carboxylic acids is 1. The molecule has 0 saturated heterocycles. The number of hydrogen-bond acceptors (Lipinski definition) is 6. The topological polar surface area (TPSA) is 143 Å². The lowest BCUT2D eigenvalue weighted by Gasteiger charge is -2.14. The van der Waals surface area contributed by atoms with E-state index in [0.29, 0.717) is 5.69 Å². The first-order chi connectivity index (χ1) is 16.8. The number of aliphatic hydroxyl groups is 1. The van der Waals surface area contributed by atoms with Crippen LogP contribution in [0.25, 0.3) is 11.1 Å². The Hall–Kier alpha value is -4.18. The molecule has 4 rings (SSSR count). The van der Waals surface area contributed by atoms with Crippen LogP contribution in [0.15, 0.2) is 54.6 Å². The summed E-state index contributed by atoms with van der Waals surface area (Å²) in [5, 5.41) is 27.4. The van der Waals surface area contributed by atoms with Crippen molar-refractivity contribution in [2.24, 2.45) is 7.05 Å². The standard InChI is InChI=1S/C25H26N4O6/c1-29-21(23(31)26-11-10-22(30)24(32)33)12-15(28-29)13-27-25(34)35-14-20-18-8-4-2-6-16(18)17-7-3-5-9-19(17)20/h2-9,12,20,22,30H,10-11,13-14H2,1H3,(H,26,31)(H,27,34)(H,32,33)/t22-/m0/s1. The first-order valence-electron chi connectivity index (χ1n) is 11.2. The van der Waals surface area contributed by atoms with Gasteiger partial charge in [-0.3, -0.25) is 9.48 Å². The van der Waals surface area contributed by atoms with E-state index in [0.717, 1.165) is 22.3 Å². The molecule has 2 amide bonds. The van der Waals surface area contributed by atoms with E-state index in [4.69, 9.17) is 9.84 Å². The van der Waals surface area contributed by atoms with Gasteiger partial charge in [-0.05, 0) is 28.3 Å². The van der Waals surface area contributed by atoms with E-state index in [-0.39, 0.29) is 37.7 Å². The van der Waals surface area contributed by atoms with Gasteiger partial charge in [0.05, 0.1) is 12.2 Å². The van der Waals surface area contributed by atoms with Crippen LogP contribution in [0, 0.1) is 0 Å². The summed E-state index contributed by atoms with van der Waals surface area (Å²) in [6.07, 6.45) is -2.25. The first-order valence-corrected chi connectivity index (χ1v) is 11.2. The molecule has 1 aromatic heterocycles. The average Bonchev–Trinajstić information content (AvgIpc) is 3.38. The summed E-state index contributed by atoms with van der Waals surface area (Å²) >= 11 is 0. The first kappa shape index (κ1) is 24.0. The number of hydrogen-bond donors (Lipinski definition) is 4. The largest absolute Gasteiger partial charge is 0.479 e. The van der Waals surface area contributed by atoms with Crippen LogP contribution in [0.4, 0.5) is 4.79 Å². The average molecular weight is 479 g/mol. The maximum absolute atomic E-state index is 12.4. The maximum Gasteiger partial charge on any atom is 0.407 e. The summed E-state index contributed by atoms with van der Waals surface area (Å²) < 4.78 is 6.86. The van der Waals surface area contributed by atoms with Crippen LogP contribution in [0.3, 0.4) is 0 Å². The lowest BCUT2D eigenvalue weighted by Crippen LogP contribution is -2.31. The van der Waals surface area contributed by atoms with E-state index in [1.165, 1.54) is 10.7 Å². The Labute approximate surface area is 201 Å². The van der Waals surface area contributed by atoms with E-state index < -0.39 is 24.1 Å². The molecule has 35 heavy (non-hydrogen) atoms. The molecule has 0 fully saturated rings. The van der Waals surface area contributed by atoms with Crippen molar-refractivity contribution in [3.05, 3.63) is 77.1 Å². The normalized spacial score (nSPS) is 13.0. The van der Waals surface area contributed by atoms with Gasteiger partial charge in [-0.15, -0.1) is 0 Å². The van der Waals surface area contributed by atoms with Crippen LogP contribution in [0.2, 0.25) is 0 Å². The third-order valence-electron chi connectivity index (χ3n) is 5.91. The Kier molecular flexibility index (Phi) is 7.11. The number of carbonyl (C=O) groups is 3. The number of aryl methyl sites for hydroxylation is 1. The lowest BCUT2D eigenvalue weighted by molar-refractivity contribution is -0.146. The molecule has 182 valence electrons. The predicted molar refractivity (Wildman–Crippen MR) is 126 cm³/mol. The molecule has 0 radical (unpaired) electrons. The van der Waals surface area contributed by atoms with Gasteiger partial charge < -0.3 is 25.6 Å². The number of carbonyl (C=O) groups excluding carboxylic acids is 2. The second kappa shape index (κ2) is 10.4. The number of benzene rings is 2. The predicted octanol–water partition coefficient (Wildman–Crippen LogP) is 2.02. The molecule has 0 aliphatic heterocycles. The van der Waals surface area contributed by atoms with Crippen molar-refractivity contribution in [1.82, 2.24) is 20.4 Å². The molecular formula is C25H26N4O6.